The first-order chi connectivity index (χ1) is 11.1. The van der Waals surface area contributed by atoms with Crippen molar-refractivity contribution in [3.8, 4) is 17.2 Å². The predicted octanol–water partition coefficient (Wildman–Crippen LogP) is 2.14. The maximum atomic E-state index is 11.9. The summed E-state index contributed by atoms with van der Waals surface area (Å²) in [6.45, 7) is 0.846. The van der Waals surface area contributed by atoms with E-state index >= 15 is 0 Å². The molecule has 1 amide bonds. The molecule has 1 fully saturated rings. The Balaban J connectivity index is 0.00000288. The summed E-state index contributed by atoms with van der Waals surface area (Å²) in [5.41, 5.74) is 5.98. The normalized spacial score (nSPS) is 19.3. The molecule has 136 valence electrons. The number of ether oxygens (including phenoxy) is 3. The van der Waals surface area contributed by atoms with Crippen molar-refractivity contribution in [3.63, 3.8) is 0 Å². The summed E-state index contributed by atoms with van der Waals surface area (Å²) in [6.07, 6.45) is 3.71. The van der Waals surface area contributed by atoms with Gasteiger partial charge in [-0.15, -0.1) is 12.4 Å². The van der Waals surface area contributed by atoms with E-state index in [1.165, 1.54) is 0 Å². The minimum Gasteiger partial charge on any atom is -0.496 e. The molecule has 3 N–H and O–H groups in total. The Morgan fingerprint density at radius 1 is 1.17 bits per heavy atom. The molecule has 0 heterocycles. The van der Waals surface area contributed by atoms with Crippen molar-refractivity contribution in [2.45, 2.75) is 31.7 Å². The zero-order valence-corrected chi connectivity index (χ0v) is 15.1. The Morgan fingerprint density at radius 3 is 2.33 bits per heavy atom. The molecule has 1 aliphatic carbocycles. The molecular weight excluding hydrogens is 332 g/mol. The SMILES string of the molecule is COc1cc(OC)cc(OCCNC(=O)C[C@@H]2CCC[C@H]2N)c1.Cl. The topological polar surface area (TPSA) is 82.8 Å². The van der Waals surface area contributed by atoms with Crippen molar-refractivity contribution in [2.75, 3.05) is 27.4 Å². The van der Waals surface area contributed by atoms with Gasteiger partial charge in [0.05, 0.1) is 20.8 Å². The molecule has 0 spiro atoms. The number of carbonyl (C=O) groups excluding carboxylic acids is 1. The summed E-state index contributed by atoms with van der Waals surface area (Å²) >= 11 is 0. The minimum absolute atomic E-state index is 0. The van der Waals surface area contributed by atoms with Crippen molar-refractivity contribution in [1.29, 1.82) is 0 Å². The summed E-state index contributed by atoms with van der Waals surface area (Å²) < 4.78 is 16.0. The number of rotatable bonds is 8. The van der Waals surface area contributed by atoms with Gasteiger partial charge in [0.15, 0.2) is 0 Å². The number of amides is 1. The van der Waals surface area contributed by atoms with Gasteiger partial charge in [-0.05, 0) is 18.8 Å². The molecule has 2 rings (SSSR count). The van der Waals surface area contributed by atoms with Gasteiger partial charge in [-0.1, -0.05) is 6.42 Å². The third-order valence-corrected chi connectivity index (χ3v) is 4.18. The largest absolute Gasteiger partial charge is 0.496 e. The monoisotopic (exact) mass is 358 g/mol. The molecule has 7 heteroatoms. The Labute approximate surface area is 149 Å². The van der Waals surface area contributed by atoms with Gasteiger partial charge in [0.25, 0.3) is 0 Å². The van der Waals surface area contributed by atoms with Crippen molar-refractivity contribution < 1.29 is 19.0 Å². The van der Waals surface area contributed by atoms with Crippen molar-refractivity contribution >= 4 is 18.3 Å². The highest BCUT2D eigenvalue weighted by Crippen LogP contribution is 2.27. The summed E-state index contributed by atoms with van der Waals surface area (Å²) in [7, 11) is 3.18. The molecule has 0 aromatic heterocycles. The van der Waals surface area contributed by atoms with Crippen molar-refractivity contribution in [1.82, 2.24) is 5.32 Å². The van der Waals surface area contributed by atoms with Crippen LogP contribution >= 0.6 is 12.4 Å². The first-order valence-electron chi connectivity index (χ1n) is 8.00. The second kappa shape index (κ2) is 10.3. The average Bonchev–Trinajstić information content (AvgIpc) is 2.96. The van der Waals surface area contributed by atoms with E-state index < -0.39 is 0 Å². The van der Waals surface area contributed by atoms with Gasteiger partial charge >= 0.3 is 0 Å². The maximum absolute atomic E-state index is 11.9. The van der Waals surface area contributed by atoms with Crippen molar-refractivity contribution in [3.05, 3.63) is 18.2 Å². The fourth-order valence-corrected chi connectivity index (χ4v) is 2.85. The first kappa shape index (κ1) is 20.4. The van der Waals surface area contributed by atoms with Crippen molar-refractivity contribution in [2.24, 2.45) is 11.7 Å². The summed E-state index contributed by atoms with van der Waals surface area (Å²) in [6, 6.07) is 5.50. The second-order valence-electron chi connectivity index (χ2n) is 5.81. The van der Waals surface area contributed by atoms with Gasteiger partial charge in [0, 0.05) is 30.7 Å². The van der Waals surface area contributed by atoms with E-state index in [0.29, 0.717) is 42.7 Å². The molecule has 1 aromatic rings. The van der Waals surface area contributed by atoms with Crippen LogP contribution in [0.5, 0.6) is 17.2 Å². The van der Waals surface area contributed by atoms with Crippen LogP contribution in [0.3, 0.4) is 0 Å². The highest BCUT2D eigenvalue weighted by Gasteiger charge is 2.25. The third kappa shape index (κ3) is 6.09. The summed E-state index contributed by atoms with van der Waals surface area (Å²) in [4.78, 5) is 11.9. The lowest BCUT2D eigenvalue weighted by atomic mass is 10.00. The van der Waals surface area contributed by atoms with Gasteiger partial charge in [-0.3, -0.25) is 4.79 Å². The van der Waals surface area contributed by atoms with E-state index in [1.54, 1.807) is 32.4 Å². The third-order valence-electron chi connectivity index (χ3n) is 4.18. The molecule has 6 nitrogen and oxygen atoms in total. The Morgan fingerprint density at radius 2 is 1.79 bits per heavy atom. The van der Waals surface area contributed by atoms with E-state index in [9.17, 15) is 4.79 Å². The zero-order valence-electron chi connectivity index (χ0n) is 14.2. The standard InChI is InChI=1S/C17H26N2O4.ClH/c1-21-13-9-14(22-2)11-15(10-13)23-7-6-19-17(20)8-12-4-3-5-16(12)18;/h9-12,16H,3-8,18H2,1-2H3,(H,19,20);1H/t12-,16+;/m0./s1. The number of benzene rings is 1. The molecule has 0 unspecified atom stereocenters. The van der Waals surface area contributed by atoms with Crippen LogP contribution in [-0.2, 0) is 4.79 Å². The zero-order chi connectivity index (χ0) is 16.7. The number of hydrogen-bond acceptors (Lipinski definition) is 5. The second-order valence-corrected chi connectivity index (χ2v) is 5.81. The Hall–Kier alpha value is -1.66. The molecule has 2 atom stereocenters. The van der Waals surface area contributed by atoms with Crippen LogP contribution < -0.4 is 25.3 Å². The quantitative estimate of drug-likeness (QED) is 0.696. The van der Waals surface area contributed by atoms with Gasteiger partial charge in [0.2, 0.25) is 5.91 Å². The highest BCUT2D eigenvalue weighted by atomic mass is 35.5. The number of carbonyl (C=O) groups is 1. The minimum atomic E-state index is 0. The molecule has 1 saturated carbocycles. The van der Waals surface area contributed by atoms with Gasteiger partial charge < -0.3 is 25.3 Å². The lowest BCUT2D eigenvalue weighted by Gasteiger charge is -2.15. The molecule has 1 aliphatic rings. The molecule has 1 aromatic carbocycles. The lowest BCUT2D eigenvalue weighted by Crippen LogP contribution is -2.33. The van der Waals surface area contributed by atoms with Crippen LogP contribution in [0.15, 0.2) is 18.2 Å². The van der Waals surface area contributed by atoms with Gasteiger partial charge in [-0.25, -0.2) is 0 Å². The van der Waals surface area contributed by atoms with E-state index in [1.807, 2.05) is 0 Å². The smallest absolute Gasteiger partial charge is 0.220 e. The predicted molar refractivity (Wildman–Crippen MR) is 95.2 cm³/mol. The fourth-order valence-electron chi connectivity index (χ4n) is 2.85. The molecule has 0 saturated heterocycles. The molecular formula is C17H27ClN2O4. The maximum Gasteiger partial charge on any atom is 0.220 e. The lowest BCUT2D eigenvalue weighted by molar-refractivity contribution is -0.122. The summed E-state index contributed by atoms with van der Waals surface area (Å²) in [5.74, 6) is 2.34. The number of nitrogens with two attached hydrogens (primary N) is 1. The van der Waals surface area contributed by atoms with Crippen LogP contribution in [0.4, 0.5) is 0 Å². The van der Waals surface area contributed by atoms with Crippen LogP contribution in [0.25, 0.3) is 0 Å². The van der Waals surface area contributed by atoms with Gasteiger partial charge in [0.1, 0.15) is 23.9 Å². The Bertz CT molecular complexity index is 505. The van der Waals surface area contributed by atoms with Gasteiger partial charge in [-0.2, -0.15) is 0 Å². The van der Waals surface area contributed by atoms with E-state index in [0.717, 1.165) is 19.3 Å². The summed E-state index contributed by atoms with van der Waals surface area (Å²) in [5, 5.41) is 2.88. The number of halogens is 1. The number of methoxy groups -OCH3 is 2. The first-order valence-corrected chi connectivity index (χ1v) is 8.00. The van der Waals surface area contributed by atoms with E-state index in [2.05, 4.69) is 5.32 Å². The fraction of sp³-hybridized carbons (Fsp3) is 0.588. The van der Waals surface area contributed by atoms with E-state index in [-0.39, 0.29) is 24.4 Å². The van der Waals surface area contributed by atoms with E-state index in [4.69, 9.17) is 19.9 Å². The molecule has 0 radical (unpaired) electrons. The average molecular weight is 359 g/mol. The van der Waals surface area contributed by atoms with Crippen LogP contribution in [0.2, 0.25) is 0 Å². The molecule has 0 aliphatic heterocycles. The van der Waals surface area contributed by atoms with Crippen LogP contribution in [-0.4, -0.2) is 39.3 Å². The molecule has 24 heavy (non-hydrogen) atoms. The molecule has 0 bridgehead atoms. The van der Waals surface area contributed by atoms with Crippen LogP contribution in [0, 0.1) is 5.92 Å². The number of nitrogens with one attached hydrogen (secondary N) is 1. The number of hydrogen-bond donors (Lipinski definition) is 2. The highest BCUT2D eigenvalue weighted by molar-refractivity contribution is 5.85. The Kier molecular flexibility index (Phi) is 8.71. The van der Waals surface area contributed by atoms with Crippen LogP contribution in [0.1, 0.15) is 25.7 Å².